The predicted molar refractivity (Wildman–Crippen MR) is 109 cm³/mol. The number of anilines is 1. The lowest BCUT2D eigenvalue weighted by Crippen LogP contribution is -2.47. The average Bonchev–Trinajstić information content (AvgIpc) is 2.68. The summed E-state index contributed by atoms with van der Waals surface area (Å²) in [5, 5.41) is 0. The molecule has 2 aromatic rings. The van der Waals surface area contributed by atoms with E-state index in [0.29, 0.717) is 24.3 Å². The predicted octanol–water partition coefficient (Wildman–Crippen LogP) is 2.86. The van der Waals surface area contributed by atoms with Crippen LogP contribution in [0.25, 0.3) is 0 Å². The molecule has 3 rings (SSSR count). The number of sulfonamides is 1. The molecule has 0 aromatic heterocycles. The molecule has 27 heavy (non-hydrogen) atoms. The number of rotatable bonds is 5. The van der Waals surface area contributed by atoms with Crippen LogP contribution in [-0.4, -0.2) is 38.4 Å². The van der Waals surface area contributed by atoms with Crippen LogP contribution in [0.5, 0.6) is 0 Å². The quantitative estimate of drug-likeness (QED) is 0.794. The highest BCUT2D eigenvalue weighted by molar-refractivity contribution is 7.92. The maximum atomic E-state index is 12.7. The standard InChI is InChI=1S/C19H23N3O3S.ClH/c20-14-17-6-4-5-13-22(17)19(23)15-9-11-16(12-10-15)21-26(24,25)18-7-2-1-3-8-18;/h1-3,7-12,17,21H,4-6,13-14,20H2;1H. The van der Waals surface area contributed by atoms with E-state index in [1.54, 1.807) is 42.5 Å². The minimum atomic E-state index is -3.64. The van der Waals surface area contributed by atoms with Gasteiger partial charge in [0.05, 0.1) is 4.90 Å². The van der Waals surface area contributed by atoms with Crippen LogP contribution in [0.2, 0.25) is 0 Å². The summed E-state index contributed by atoms with van der Waals surface area (Å²) in [5.41, 5.74) is 6.74. The average molecular weight is 410 g/mol. The van der Waals surface area contributed by atoms with Crippen molar-refractivity contribution in [3.05, 3.63) is 60.2 Å². The van der Waals surface area contributed by atoms with E-state index in [4.69, 9.17) is 5.73 Å². The molecule has 1 unspecified atom stereocenters. The first-order valence-corrected chi connectivity index (χ1v) is 10.2. The fourth-order valence-electron chi connectivity index (χ4n) is 3.17. The number of hydrogen-bond acceptors (Lipinski definition) is 4. The molecule has 1 amide bonds. The van der Waals surface area contributed by atoms with Crippen molar-refractivity contribution in [1.82, 2.24) is 4.90 Å². The van der Waals surface area contributed by atoms with Crippen molar-refractivity contribution in [3.63, 3.8) is 0 Å². The number of hydrogen-bond donors (Lipinski definition) is 2. The first kappa shape index (κ1) is 21.2. The van der Waals surface area contributed by atoms with Crippen LogP contribution in [0.3, 0.4) is 0 Å². The molecule has 1 fully saturated rings. The van der Waals surface area contributed by atoms with E-state index in [2.05, 4.69) is 4.72 Å². The van der Waals surface area contributed by atoms with Crippen LogP contribution in [0.4, 0.5) is 5.69 Å². The van der Waals surface area contributed by atoms with Crippen molar-refractivity contribution in [2.45, 2.75) is 30.2 Å². The number of benzene rings is 2. The maximum absolute atomic E-state index is 12.7. The summed E-state index contributed by atoms with van der Waals surface area (Å²) in [5.74, 6) is -0.0578. The molecule has 8 heteroatoms. The molecule has 1 aliphatic heterocycles. The van der Waals surface area contributed by atoms with Gasteiger partial charge in [-0.25, -0.2) is 8.42 Å². The Kier molecular flexibility index (Phi) is 7.24. The van der Waals surface area contributed by atoms with E-state index in [-0.39, 0.29) is 29.3 Å². The zero-order valence-electron chi connectivity index (χ0n) is 14.9. The molecule has 6 nitrogen and oxygen atoms in total. The van der Waals surface area contributed by atoms with Crippen molar-refractivity contribution >= 4 is 34.0 Å². The molecule has 0 saturated carbocycles. The summed E-state index contributed by atoms with van der Waals surface area (Å²) in [6.45, 7) is 1.17. The third kappa shape index (κ3) is 5.00. The summed E-state index contributed by atoms with van der Waals surface area (Å²) in [7, 11) is -3.64. The Labute approximate surface area is 166 Å². The van der Waals surface area contributed by atoms with Gasteiger partial charge in [0.25, 0.3) is 15.9 Å². The lowest BCUT2D eigenvalue weighted by atomic mass is 10.0. The SMILES string of the molecule is Cl.NCC1CCCCN1C(=O)c1ccc(NS(=O)(=O)c2ccccc2)cc1. The number of nitrogens with two attached hydrogens (primary N) is 1. The smallest absolute Gasteiger partial charge is 0.261 e. The highest BCUT2D eigenvalue weighted by Gasteiger charge is 2.26. The van der Waals surface area contributed by atoms with Crippen LogP contribution in [0.1, 0.15) is 29.6 Å². The van der Waals surface area contributed by atoms with Crippen LogP contribution in [0, 0.1) is 0 Å². The molecule has 146 valence electrons. The largest absolute Gasteiger partial charge is 0.334 e. The fourth-order valence-corrected chi connectivity index (χ4v) is 4.25. The van der Waals surface area contributed by atoms with Gasteiger partial charge in [-0.1, -0.05) is 18.2 Å². The first-order chi connectivity index (χ1) is 12.5. The molecule has 0 radical (unpaired) electrons. The highest BCUT2D eigenvalue weighted by atomic mass is 35.5. The number of halogens is 1. The monoisotopic (exact) mass is 409 g/mol. The van der Waals surface area contributed by atoms with E-state index in [1.165, 1.54) is 12.1 Å². The second-order valence-electron chi connectivity index (χ2n) is 6.38. The Morgan fingerprint density at radius 3 is 2.37 bits per heavy atom. The molecule has 3 N–H and O–H groups in total. The second kappa shape index (κ2) is 9.21. The maximum Gasteiger partial charge on any atom is 0.261 e. The van der Waals surface area contributed by atoms with Crippen molar-refractivity contribution < 1.29 is 13.2 Å². The Balaban J connectivity index is 0.00000261. The molecule has 2 aromatic carbocycles. The van der Waals surface area contributed by atoms with Crippen LogP contribution >= 0.6 is 12.4 Å². The van der Waals surface area contributed by atoms with Crippen molar-refractivity contribution in [2.24, 2.45) is 5.73 Å². The van der Waals surface area contributed by atoms with Gasteiger partial charge in [0.15, 0.2) is 0 Å². The molecular formula is C19H24ClN3O3S. The number of amides is 1. The number of carbonyl (C=O) groups excluding carboxylic acids is 1. The third-order valence-corrected chi connectivity index (χ3v) is 5.99. The Hall–Kier alpha value is -2.09. The summed E-state index contributed by atoms with van der Waals surface area (Å²) in [6.07, 6.45) is 3.00. The van der Waals surface area contributed by atoms with Gasteiger partial charge < -0.3 is 10.6 Å². The summed E-state index contributed by atoms with van der Waals surface area (Å²) in [4.78, 5) is 14.7. The number of piperidine rings is 1. The summed E-state index contributed by atoms with van der Waals surface area (Å²) >= 11 is 0. The van der Waals surface area contributed by atoms with Crippen LogP contribution in [0.15, 0.2) is 59.5 Å². The van der Waals surface area contributed by atoms with Gasteiger partial charge in [-0.2, -0.15) is 0 Å². The minimum Gasteiger partial charge on any atom is -0.334 e. The summed E-state index contributed by atoms with van der Waals surface area (Å²) < 4.78 is 27.2. The minimum absolute atomic E-state index is 0. The molecule has 1 atom stereocenters. The zero-order chi connectivity index (χ0) is 18.6. The zero-order valence-corrected chi connectivity index (χ0v) is 16.5. The Morgan fingerprint density at radius 2 is 1.74 bits per heavy atom. The van der Waals surface area contributed by atoms with E-state index < -0.39 is 10.0 Å². The number of nitrogens with one attached hydrogen (secondary N) is 1. The molecule has 1 saturated heterocycles. The first-order valence-electron chi connectivity index (χ1n) is 8.70. The van der Waals surface area contributed by atoms with Gasteiger partial charge in [0, 0.05) is 30.4 Å². The van der Waals surface area contributed by atoms with Gasteiger partial charge in [-0.15, -0.1) is 12.4 Å². The summed E-state index contributed by atoms with van der Waals surface area (Å²) in [6, 6.07) is 14.7. The normalized spacial score (nSPS) is 17.1. The van der Waals surface area contributed by atoms with E-state index in [1.807, 2.05) is 4.90 Å². The molecular weight excluding hydrogens is 386 g/mol. The number of carbonyl (C=O) groups is 1. The topological polar surface area (TPSA) is 92.5 Å². The number of nitrogens with zero attached hydrogens (tertiary/aromatic N) is 1. The highest BCUT2D eigenvalue weighted by Crippen LogP contribution is 2.21. The van der Waals surface area contributed by atoms with E-state index >= 15 is 0 Å². The molecule has 0 spiro atoms. The Morgan fingerprint density at radius 1 is 1.07 bits per heavy atom. The van der Waals surface area contributed by atoms with Gasteiger partial charge in [0.1, 0.15) is 0 Å². The molecule has 1 aliphatic rings. The molecule has 1 heterocycles. The van der Waals surface area contributed by atoms with Crippen molar-refractivity contribution in [1.29, 1.82) is 0 Å². The van der Waals surface area contributed by atoms with Crippen molar-refractivity contribution in [2.75, 3.05) is 17.8 Å². The Bertz CT molecular complexity index is 858. The molecule has 0 aliphatic carbocycles. The van der Waals surface area contributed by atoms with Crippen molar-refractivity contribution in [3.8, 4) is 0 Å². The lowest BCUT2D eigenvalue weighted by molar-refractivity contribution is 0.0623. The second-order valence-corrected chi connectivity index (χ2v) is 8.06. The lowest BCUT2D eigenvalue weighted by Gasteiger charge is -2.35. The van der Waals surface area contributed by atoms with Gasteiger partial charge in [-0.05, 0) is 55.7 Å². The van der Waals surface area contributed by atoms with Gasteiger partial charge in [0.2, 0.25) is 0 Å². The van der Waals surface area contributed by atoms with Gasteiger partial charge >= 0.3 is 0 Å². The molecule has 0 bridgehead atoms. The number of likely N-dealkylation sites (tertiary alicyclic amines) is 1. The third-order valence-electron chi connectivity index (χ3n) is 4.60. The van der Waals surface area contributed by atoms with E-state index in [9.17, 15) is 13.2 Å². The fraction of sp³-hybridized carbons (Fsp3) is 0.316. The van der Waals surface area contributed by atoms with Gasteiger partial charge in [-0.3, -0.25) is 9.52 Å². The van der Waals surface area contributed by atoms with E-state index in [0.717, 1.165) is 19.3 Å². The van der Waals surface area contributed by atoms with Crippen LogP contribution < -0.4 is 10.5 Å². The van der Waals surface area contributed by atoms with Crippen LogP contribution in [-0.2, 0) is 10.0 Å².